The summed E-state index contributed by atoms with van der Waals surface area (Å²) in [6, 6.07) is 5.75. The van der Waals surface area contributed by atoms with E-state index in [1.54, 1.807) is 6.92 Å². The van der Waals surface area contributed by atoms with E-state index in [0.717, 1.165) is 16.8 Å². The fraction of sp³-hybridized carbons (Fsp3) is 0.562. The van der Waals surface area contributed by atoms with Crippen molar-refractivity contribution in [2.24, 2.45) is 5.92 Å². The molecular formula is C16H25N3O3S. The molecule has 0 spiro atoms. The molecule has 1 aromatic rings. The van der Waals surface area contributed by atoms with Crippen LogP contribution in [0.1, 0.15) is 18.1 Å². The van der Waals surface area contributed by atoms with Gasteiger partial charge in [0.2, 0.25) is 15.9 Å². The van der Waals surface area contributed by atoms with E-state index >= 15 is 0 Å². The molecule has 1 saturated heterocycles. The van der Waals surface area contributed by atoms with E-state index in [1.165, 1.54) is 4.31 Å². The zero-order valence-corrected chi connectivity index (χ0v) is 14.7. The summed E-state index contributed by atoms with van der Waals surface area (Å²) in [6.45, 7) is 7.80. The minimum Gasteiger partial charge on any atom is -0.326 e. The van der Waals surface area contributed by atoms with Crippen LogP contribution in [0.3, 0.4) is 0 Å². The number of amides is 1. The van der Waals surface area contributed by atoms with Gasteiger partial charge in [-0.25, -0.2) is 8.42 Å². The molecule has 0 saturated carbocycles. The second-order valence-corrected chi connectivity index (χ2v) is 8.15. The van der Waals surface area contributed by atoms with Gasteiger partial charge in [0.15, 0.2) is 0 Å². The van der Waals surface area contributed by atoms with Crippen molar-refractivity contribution in [2.75, 3.05) is 37.2 Å². The number of anilines is 1. The standard InChI is InChI=1S/C16H25N3O3S/c1-12-4-5-15(13(2)10-12)18-16(20)14(3)11-23(21,22)19-8-6-17-7-9-19/h4-5,10,14,17H,6-9,11H2,1-3H3,(H,18,20). The molecule has 7 heteroatoms. The first-order valence-corrected chi connectivity index (χ1v) is 9.47. The fourth-order valence-corrected chi connectivity index (χ4v) is 4.36. The molecule has 23 heavy (non-hydrogen) atoms. The maximum Gasteiger partial charge on any atom is 0.228 e. The van der Waals surface area contributed by atoms with Crippen molar-refractivity contribution in [2.45, 2.75) is 20.8 Å². The molecule has 0 aliphatic carbocycles. The van der Waals surface area contributed by atoms with Crippen molar-refractivity contribution in [3.63, 3.8) is 0 Å². The molecule has 1 aliphatic heterocycles. The number of hydrogen-bond donors (Lipinski definition) is 2. The lowest BCUT2D eigenvalue weighted by Crippen LogP contribution is -2.48. The molecule has 1 unspecified atom stereocenters. The molecule has 0 radical (unpaired) electrons. The van der Waals surface area contributed by atoms with E-state index < -0.39 is 15.9 Å². The summed E-state index contributed by atoms with van der Waals surface area (Å²) in [5.41, 5.74) is 2.82. The van der Waals surface area contributed by atoms with Crippen LogP contribution in [-0.2, 0) is 14.8 Å². The van der Waals surface area contributed by atoms with Crippen molar-refractivity contribution in [1.82, 2.24) is 9.62 Å². The molecule has 6 nitrogen and oxygen atoms in total. The molecule has 2 N–H and O–H groups in total. The SMILES string of the molecule is Cc1ccc(NC(=O)C(C)CS(=O)(=O)N2CCNCC2)c(C)c1. The molecule has 1 fully saturated rings. The normalized spacial score (nSPS) is 17.7. The van der Waals surface area contributed by atoms with E-state index in [2.05, 4.69) is 10.6 Å². The Hall–Kier alpha value is -1.44. The lowest BCUT2D eigenvalue weighted by atomic mass is 10.1. The van der Waals surface area contributed by atoms with Gasteiger partial charge in [-0.05, 0) is 25.5 Å². The minimum atomic E-state index is -3.40. The Kier molecular flexibility index (Phi) is 5.78. The van der Waals surface area contributed by atoms with Gasteiger partial charge in [0.1, 0.15) is 0 Å². The number of benzene rings is 1. The number of hydrogen-bond acceptors (Lipinski definition) is 4. The second kappa shape index (κ2) is 7.42. The van der Waals surface area contributed by atoms with Crippen LogP contribution in [0.5, 0.6) is 0 Å². The van der Waals surface area contributed by atoms with Crippen LogP contribution >= 0.6 is 0 Å². The van der Waals surface area contributed by atoms with Crippen LogP contribution in [-0.4, -0.2) is 50.6 Å². The number of rotatable bonds is 5. The summed E-state index contributed by atoms with van der Waals surface area (Å²) in [5.74, 6) is -1.03. The molecule has 1 heterocycles. The Balaban J connectivity index is 1.99. The Labute approximate surface area is 138 Å². The van der Waals surface area contributed by atoms with Gasteiger partial charge in [0.25, 0.3) is 0 Å². The topological polar surface area (TPSA) is 78.5 Å². The van der Waals surface area contributed by atoms with Crippen LogP contribution in [0, 0.1) is 19.8 Å². The van der Waals surface area contributed by atoms with Gasteiger partial charge in [0, 0.05) is 31.9 Å². The lowest BCUT2D eigenvalue weighted by molar-refractivity contribution is -0.118. The van der Waals surface area contributed by atoms with E-state index in [9.17, 15) is 13.2 Å². The van der Waals surface area contributed by atoms with E-state index in [1.807, 2.05) is 32.0 Å². The van der Waals surface area contributed by atoms with Gasteiger partial charge >= 0.3 is 0 Å². The third-order valence-electron chi connectivity index (χ3n) is 4.02. The average molecular weight is 339 g/mol. The highest BCUT2D eigenvalue weighted by Crippen LogP contribution is 2.18. The number of nitrogens with zero attached hydrogens (tertiary/aromatic N) is 1. The molecule has 1 amide bonds. The largest absolute Gasteiger partial charge is 0.326 e. The van der Waals surface area contributed by atoms with Crippen LogP contribution in [0.4, 0.5) is 5.69 Å². The van der Waals surface area contributed by atoms with Gasteiger partial charge in [-0.3, -0.25) is 4.79 Å². The highest BCUT2D eigenvalue weighted by Gasteiger charge is 2.28. The molecule has 1 atom stereocenters. The van der Waals surface area contributed by atoms with E-state index in [4.69, 9.17) is 0 Å². The summed E-state index contributed by atoms with van der Waals surface area (Å²) < 4.78 is 26.2. The molecule has 128 valence electrons. The van der Waals surface area contributed by atoms with Gasteiger partial charge in [0.05, 0.1) is 11.7 Å². The molecular weight excluding hydrogens is 314 g/mol. The van der Waals surface area contributed by atoms with Crippen molar-refractivity contribution in [3.05, 3.63) is 29.3 Å². The minimum absolute atomic E-state index is 0.163. The first kappa shape index (κ1) is 17.9. The van der Waals surface area contributed by atoms with Gasteiger partial charge in [-0.1, -0.05) is 24.6 Å². The molecule has 1 aliphatic rings. The highest BCUT2D eigenvalue weighted by molar-refractivity contribution is 7.89. The number of aryl methyl sites for hydroxylation is 2. The summed E-state index contributed by atoms with van der Waals surface area (Å²) in [6.07, 6.45) is 0. The lowest BCUT2D eigenvalue weighted by Gasteiger charge is -2.27. The van der Waals surface area contributed by atoms with Crippen molar-refractivity contribution < 1.29 is 13.2 Å². The predicted molar refractivity (Wildman–Crippen MR) is 91.9 cm³/mol. The van der Waals surface area contributed by atoms with Crippen LogP contribution in [0.25, 0.3) is 0 Å². The summed E-state index contributed by atoms with van der Waals surface area (Å²) in [4.78, 5) is 12.3. The van der Waals surface area contributed by atoms with Gasteiger partial charge in [-0.2, -0.15) is 4.31 Å². The van der Waals surface area contributed by atoms with Crippen molar-refractivity contribution in [3.8, 4) is 0 Å². The van der Waals surface area contributed by atoms with E-state index in [-0.39, 0.29) is 11.7 Å². The zero-order valence-electron chi connectivity index (χ0n) is 13.9. The molecule has 2 rings (SSSR count). The molecule has 1 aromatic carbocycles. The Morgan fingerprint density at radius 1 is 1.30 bits per heavy atom. The third-order valence-corrected chi connectivity index (χ3v) is 6.09. The Morgan fingerprint density at radius 3 is 2.57 bits per heavy atom. The van der Waals surface area contributed by atoms with Gasteiger partial charge in [-0.15, -0.1) is 0 Å². The third kappa shape index (κ3) is 4.76. The first-order chi connectivity index (χ1) is 10.8. The van der Waals surface area contributed by atoms with Crippen LogP contribution in [0.15, 0.2) is 18.2 Å². The van der Waals surface area contributed by atoms with Crippen molar-refractivity contribution >= 4 is 21.6 Å². The monoisotopic (exact) mass is 339 g/mol. The first-order valence-electron chi connectivity index (χ1n) is 7.86. The number of sulfonamides is 1. The highest BCUT2D eigenvalue weighted by atomic mass is 32.2. The maximum absolute atomic E-state index is 12.4. The molecule has 0 bridgehead atoms. The number of nitrogens with one attached hydrogen (secondary N) is 2. The summed E-state index contributed by atoms with van der Waals surface area (Å²) >= 11 is 0. The second-order valence-electron chi connectivity index (χ2n) is 6.14. The Bertz CT molecular complexity index is 667. The van der Waals surface area contributed by atoms with Crippen molar-refractivity contribution in [1.29, 1.82) is 0 Å². The maximum atomic E-state index is 12.4. The number of carbonyl (C=O) groups is 1. The van der Waals surface area contributed by atoms with E-state index in [0.29, 0.717) is 26.2 Å². The number of carbonyl (C=O) groups excluding carboxylic acids is 1. The Morgan fingerprint density at radius 2 is 1.96 bits per heavy atom. The quantitative estimate of drug-likeness (QED) is 0.842. The summed E-state index contributed by atoms with van der Waals surface area (Å²) in [7, 11) is -3.40. The van der Waals surface area contributed by atoms with Crippen LogP contribution < -0.4 is 10.6 Å². The smallest absolute Gasteiger partial charge is 0.228 e. The van der Waals surface area contributed by atoms with Gasteiger partial charge < -0.3 is 10.6 Å². The zero-order chi connectivity index (χ0) is 17.0. The molecule has 0 aromatic heterocycles. The fourth-order valence-electron chi connectivity index (χ4n) is 2.63. The number of piperazine rings is 1. The average Bonchev–Trinajstić information content (AvgIpc) is 2.50. The van der Waals surface area contributed by atoms with Crippen LogP contribution in [0.2, 0.25) is 0 Å². The summed E-state index contributed by atoms with van der Waals surface area (Å²) in [5, 5.41) is 5.95. The predicted octanol–water partition coefficient (Wildman–Crippen LogP) is 1.11.